The summed E-state index contributed by atoms with van der Waals surface area (Å²) in [6.07, 6.45) is 0.791. The Labute approximate surface area is 104 Å². The zero-order chi connectivity index (χ0) is 12.7. The van der Waals surface area contributed by atoms with Gasteiger partial charge in [0.2, 0.25) is 0 Å². The van der Waals surface area contributed by atoms with Crippen molar-refractivity contribution in [3.05, 3.63) is 23.9 Å². The summed E-state index contributed by atoms with van der Waals surface area (Å²) in [6.45, 7) is 1.87. The molecule has 1 amide bonds. The van der Waals surface area contributed by atoms with Crippen molar-refractivity contribution < 1.29 is 9.90 Å². The average molecular weight is 244 g/mol. The minimum Gasteiger partial charge on any atom is -0.465 e. The maximum absolute atomic E-state index is 10.9. The van der Waals surface area contributed by atoms with Gasteiger partial charge < -0.3 is 14.9 Å². The topological polar surface area (TPSA) is 80.5 Å². The fraction of sp³-hybridized carbons (Fsp3) is 0.417. The van der Waals surface area contributed by atoms with Crippen LogP contribution < -0.4 is 4.90 Å². The summed E-state index contributed by atoms with van der Waals surface area (Å²) in [7, 11) is 0. The molecule has 3 rings (SSSR count). The van der Waals surface area contributed by atoms with Gasteiger partial charge in [-0.3, -0.25) is 0 Å². The van der Waals surface area contributed by atoms with Crippen molar-refractivity contribution in [1.29, 1.82) is 5.26 Å². The van der Waals surface area contributed by atoms with E-state index in [1.54, 1.807) is 18.3 Å². The second-order valence-electron chi connectivity index (χ2n) is 4.65. The Hall–Kier alpha value is -2.29. The fourth-order valence-electron chi connectivity index (χ4n) is 2.75. The van der Waals surface area contributed by atoms with E-state index in [1.807, 2.05) is 4.90 Å². The van der Waals surface area contributed by atoms with Crippen LogP contribution in [0.2, 0.25) is 0 Å². The molecule has 92 valence electrons. The SMILES string of the molecule is N#Cc1cccnc1N1C[C@@H]2CN(C(=O)O)C[C@@H]21. The van der Waals surface area contributed by atoms with Crippen LogP contribution in [0.4, 0.5) is 10.6 Å². The second kappa shape index (κ2) is 3.88. The molecule has 0 unspecified atom stereocenters. The highest BCUT2D eigenvalue weighted by Crippen LogP contribution is 2.36. The van der Waals surface area contributed by atoms with Crippen LogP contribution in [0.1, 0.15) is 5.56 Å². The van der Waals surface area contributed by atoms with E-state index < -0.39 is 6.09 Å². The van der Waals surface area contributed by atoms with Crippen molar-refractivity contribution >= 4 is 11.9 Å². The quantitative estimate of drug-likeness (QED) is 0.788. The summed E-state index contributed by atoms with van der Waals surface area (Å²) in [5.41, 5.74) is 0.546. The first-order valence-corrected chi connectivity index (χ1v) is 5.80. The monoisotopic (exact) mass is 244 g/mol. The molecule has 0 bridgehead atoms. The lowest BCUT2D eigenvalue weighted by Crippen LogP contribution is -2.56. The van der Waals surface area contributed by atoms with Gasteiger partial charge in [0.15, 0.2) is 0 Å². The highest BCUT2D eigenvalue weighted by molar-refractivity contribution is 5.67. The third kappa shape index (κ3) is 1.48. The predicted octanol–water partition coefficient (Wildman–Crippen LogP) is 0.752. The largest absolute Gasteiger partial charge is 0.465 e. The van der Waals surface area contributed by atoms with Crippen LogP contribution in [0.3, 0.4) is 0 Å². The molecule has 2 aliphatic heterocycles. The van der Waals surface area contributed by atoms with Gasteiger partial charge in [0.05, 0.1) is 11.6 Å². The first kappa shape index (κ1) is 10.8. The number of carboxylic acid groups (broad SMARTS) is 1. The Balaban J connectivity index is 1.81. The van der Waals surface area contributed by atoms with Crippen LogP contribution in [0.15, 0.2) is 18.3 Å². The molecule has 1 aromatic rings. The maximum atomic E-state index is 10.9. The Bertz CT molecular complexity index is 539. The number of nitriles is 1. The Kier molecular flexibility index (Phi) is 2.33. The van der Waals surface area contributed by atoms with Crippen LogP contribution in [0.5, 0.6) is 0 Å². The van der Waals surface area contributed by atoms with E-state index in [0.717, 1.165) is 6.54 Å². The molecule has 3 heterocycles. The molecule has 1 aromatic heterocycles. The number of hydrogen-bond acceptors (Lipinski definition) is 4. The summed E-state index contributed by atoms with van der Waals surface area (Å²) < 4.78 is 0. The normalized spacial score (nSPS) is 25.3. The lowest BCUT2D eigenvalue weighted by atomic mass is 9.91. The molecule has 0 aromatic carbocycles. The molecule has 2 atom stereocenters. The molecule has 18 heavy (non-hydrogen) atoms. The highest BCUT2D eigenvalue weighted by Gasteiger charge is 2.48. The molecule has 6 heteroatoms. The Morgan fingerprint density at radius 3 is 3.06 bits per heavy atom. The highest BCUT2D eigenvalue weighted by atomic mass is 16.4. The van der Waals surface area contributed by atoms with Crippen LogP contribution in [-0.4, -0.2) is 46.8 Å². The van der Waals surface area contributed by atoms with E-state index in [1.165, 1.54) is 4.90 Å². The molecular weight excluding hydrogens is 232 g/mol. The molecule has 0 spiro atoms. The third-order valence-electron chi connectivity index (χ3n) is 3.69. The van der Waals surface area contributed by atoms with Gasteiger partial charge in [-0.2, -0.15) is 5.26 Å². The zero-order valence-corrected chi connectivity index (χ0v) is 9.65. The van der Waals surface area contributed by atoms with E-state index in [-0.39, 0.29) is 6.04 Å². The number of nitrogens with zero attached hydrogens (tertiary/aromatic N) is 4. The fourth-order valence-corrected chi connectivity index (χ4v) is 2.75. The molecule has 6 nitrogen and oxygen atoms in total. The first-order valence-electron chi connectivity index (χ1n) is 5.80. The molecule has 2 saturated heterocycles. The van der Waals surface area contributed by atoms with Crippen LogP contribution in [-0.2, 0) is 0 Å². The van der Waals surface area contributed by atoms with Crippen LogP contribution in [0.25, 0.3) is 0 Å². The summed E-state index contributed by atoms with van der Waals surface area (Å²) in [5.74, 6) is 1.04. The molecule has 0 saturated carbocycles. The number of carbonyl (C=O) groups is 1. The summed E-state index contributed by atoms with van der Waals surface area (Å²) in [6, 6.07) is 5.76. The third-order valence-corrected chi connectivity index (χ3v) is 3.69. The van der Waals surface area contributed by atoms with Crippen molar-refractivity contribution in [2.24, 2.45) is 5.92 Å². The number of fused-ring (bicyclic) bond motifs is 1. The number of amides is 1. The molecule has 0 aliphatic carbocycles. The van der Waals surface area contributed by atoms with Crippen molar-refractivity contribution in [3.8, 4) is 6.07 Å². The smallest absolute Gasteiger partial charge is 0.407 e. The Morgan fingerprint density at radius 2 is 2.33 bits per heavy atom. The molecule has 1 N–H and O–H groups in total. The summed E-state index contributed by atoms with van der Waals surface area (Å²) in [4.78, 5) is 18.6. The molecule has 2 aliphatic rings. The summed E-state index contributed by atoms with van der Waals surface area (Å²) in [5, 5.41) is 18.0. The number of pyridine rings is 1. The minimum atomic E-state index is -0.870. The van der Waals surface area contributed by atoms with E-state index in [9.17, 15) is 4.79 Å². The second-order valence-corrected chi connectivity index (χ2v) is 4.65. The zero-order valence-electron chi connectivity index (χ0n) is 9.65. The van der Waals surface area contributed by atoms with Gasteiger partial charge in [-0.1, -0.05) is 0 Å². The lowest BCUT2D eigenvalue weighted by Gasteiger charge is -2.44. The average Bonchev–Trinajstić information content (AvgIpc) is 2.68. The van der Waals surface area contributed by atoms with Crippen molar-refractivity contribution in [3.63, 3.8) is 0 Å². The number of likely N-dealkylation sites (tertiary alicyclic amines) is 1. The first-order chi connectivity index (χ1) is 8.70. The molecule has 0 radical (unpaired) electrons. The Morgan fingerprint density at radius 1 is 1.50 bits per heavy atom. The van der Waals surface area contributed by atoms with E-state index in [4.69, 9.17) is 10.4 Å². The maximum Gasteiger partial charge on any atom is 0.407 e. The minimum absolute atomic E-state index is 0.170. The lowest BCUT2D eigenvalue weighted by molar-refractivity contribution is 0.155. The van der Waals surface area contributed by atoms with Gasteiger partial charge >= 0.3 is 6.09 Å². The predicted molar refractivity (Wildman–Crippen MR) is 63.2 cm³/mol. The van der Waals surface area contributed by atoms with Crippen molar-refractivity contribution in [2.45, 2.75) is 6.04 Å². The van der Waals surface area contributed by atoms with E-state index >= 15 is 0 Å². The van der Waals surface area contributed by atoms with Crippen LogP contribution >= 0.6 is 0 Å². The van der Waals surface area contributed by atoms with Gasteiger partial charge in [0, 0.05) is 31.7 Å². The number of hydrogen-bond donors (Lipinski definition) is 1. The molecular formula is C12H12N4O2. The van der Waals surface area contributed by atoms with Gasteiger partial charge in [0.1, 0.15) is 11.9 Å². The molecule has 2 fully saturated rings. The van der Waals surface area contributed by atoms with Gasteiger partial charge in [-0.15, -0.1) is 0 Å². The van der Waals surface area contributed by atoms with Gasteiger partial charge in [-0.25, -0.2) is 9.78 Å². The van der Waals surface area contributed by atoms with Gasteiger partial charge in [-0.05, 0) is 12.1 Å². The van der Waals surface area contributed by atoms with Crippen molar-refractivity contribution in [2.75, 3.05) is 24.5 Å². The summed E-state index contributed by atoms with van der Waals surface area (Å²) >= 11 is 0. The standard InChI is InChI=1S/C12H12N4O2/c13-4-8-2-1-3-14-11(8)16-6-9-5-15(12(17)18)7-10(9)16/h1-3,9-10H,5-7H2,(H,17,18)/t9-,10-/m0/s1. The van der Waals surface area contributed by atoms with E-state index in [0.29, 0.717) is 30.4 Å². The van der Waals surface area contributed by atoms with Crippen molar-refractivity contribution in [1.82, 2.24) is 9.88 Å². The van der Waals surface area contributed by atoms with Crippen LogP contribution in [0, 0.1) is 17.2 Å². The van der Waals surface area contributed by atoms with Gasteiger partial charge in [0.25, 0.3) is 0 Å². The number of rotatable bonds is 1. The number of aromatic nitrogens is 1. The number of anilines is 1. The van der Waals surface area contributed by atoms with E-state index in [2.05, 4.69) is 11.1 Å².